The molecule has 1 N–H and O–H groups in total. The summed E-state index contributed by atoms with van der Waals surface area (Å²) < 4.78 is 0. The highest BCUT2D eigenvalue weighted by atomic mass is 16.1. The van der Waals surface area contributed by atoms with E-state index in [1.165, 1.54) is 6.08 Å². The fraction of sp³-hybridized carbons (Fsp3) is 0.421. The molecule has 2 rings (SSSR count). The molecule has 0 aliphatic rings. The molecule has 1 aromatic carbocycles. The molecule has 4 nitrogen and oxygen atoms in total. The topological polar surface area (TPSA) is 54.9 Å². The van der Waals surface area contributed by atoms with Crippen LogP contribution in [0.15, 0.2) is 36.5 Å². The number of carbonyl (C=O) groups excluding carboxylic acids is 1. The van der Waals surface area contributed by atoms with Crippen molar-refractivity contribution in [2.24, 2.45) is 5.41 Å². The van der Waals surface area contributed by atoms with Gasteiger partial charge in [0.1, 0.15) is 0 Å². The van der Waals surface area contributed by atoms with Gasteiger partial charge in [0, 0.05) is 11.6 Å². The van der Waals surface area contributed by atoms with Crippen molar-refractivity contribution in [2.45, 2.75) is 46.6 Å². The molecule has 0 spiro atoms. The minimum Gasteiger partial charge on any atom is -0.348 e. The number of hydrogen-bond acceptors (Lipinski definition) is 3. The minimum absolute atomic E-state index is 0.116. The summed E-state index contributed by atoms with van der Waals surface area (Å²) in [6, 6.07) is 7.67. The average Bonchev–Trinajstić information content (AvgIpc) is 2.41. The predicted octanol–water partition coefficient (Wildman–Crippen LogP) is 3.97. The Morgan fingerprint density at radius 1 is 1.13 bits per heavy atom. The minimum atomic E-state index is -0.255. The summed E-state index contributed by atoms with van der Waals surface area (Å²) in [5.74, 6) is -0.116. The van der Waals surface area contributed by atoms with Crippen LogP contribution in [0.4, 0.5) is 0 Å². The van der Waals surface area contributed by atoms with E-state index in [1.54, 1.807) is 12.3 Å². The molecule has 1 heterocycles. The standard InChI is InChI=1S/C19H25N3O/c1-18(2,3)13-19(4,5)22-17(23)11-10-14-12-20-15-8-6-7-9-16(15)21-14/h6-12H,13H2,1-5H3,(H,22,23)/b11-10+. The van der Waals surface area contributed by atoms with Gasteiger partial charge in [-0.2, -0.15) is 0 Å². The van der Waals surface area contributed by atoms with Gasteiger partial charge < -0.3 is 5.32 Å². The molecule has 0 saturated heterocycles. The van der Waals surface area contributed by atoms with Crippen LogP contribution in [0.1, 0.15) is 46.7 Å². The highest BCUT2D eigenvalue weighted by Crippen LogP contribution is 2.26. The number of para-hydroxylation sites is 2. The lowest BCUT2D eigenvalue weighted by Gasteiger charge is -2.32. The maximum absolute atomic E-state index is 12.1. The Balaban J connectivity index is 2.05. The number of aromatic nitrogens is 2. The van der Waals surface area contributed by atoms with E-state index in [0.29, 0.717) is 5.69 Å². The Morgan fingerprint density at radius 2 is 1.78 bits per heavy atom. The first-order chi connectivity index (χ1) is 10.6. The number of hydrogen-bond donors (Lipinski definition) is 1. The number of rotatable bonds is 4. The SMILES string of the molecule is CC(C)(C)CC(C)(C)NC(=O)/C=C/c1cnc2ccccc2n1. The van der Waals surface area contributed by atoms with Gasteiger partial charge in [-0.25, -0.2) is 4.98 Å². The van der Waals surface area contributed by atoms with Gasteiger partial charge in [0.2, 0.25) is 5.91 Å². The molecular formula is C19H25N3O. The van der Waals surface area contributed by atoms with Crippen LogP contribution >= 0.6 is 0 Å². The zero-order valence-electron chi connectivity index (χ0n) is 14.6. The lowest BCUT2D eigenvalue weighted by Crippen LogP contribution is -2.45. The molecule has 122 valence electrons. The molecule has 1 aromatic heterocycles. The van der Waals surface area contributed by atoms with Crippen LogP contribution in [0.3, 0.4) is 0 Å². The summed E-state index contributed by atoms with van der Waals surface area (Å²) in [7, 11) is 0. The van der Waals surface area contributed by atoms with Crippen LogP contribution in [0.2, 0.25) is 0 Å². The number of nitrogens with one attached hydrogen (secondary N) is 1. The largest absolute Gasteiger partial charge is 0.348 e. The van der Waals surface area contributed by atoms with Crippen LogP contribution in [0, 0.1) is 5.41 Å². The van der Waals surface area contributed by atoms with Gasteiger partial charge in [-0.3, -0.25) is 9.78 Å². The monoisotopic (exact) mass is 311 g/mol. The molecule has 2 aromatic rings. The van der Waals surface area contributed by atoms with Gasteiger partial charge in [0.15, 0.2) is 0 Å². The number of amides is 1. The summed E-state index contributed by atoms with van der Waals surface area (Å²) in [5.41, 5.74) is 2.25. The van der Waals surface area contributed by atoms with Gasteiger partial charge in [-0.1, -0.05) is 32.9 Å². The molecule has 1 amide bonds. The van der Waals surface area contributed by atoms with E-state index in [4.69, 9.17) is 0 Å². The normalized spacial score (nSPS) is 12.7. The van der Waals surface area contributed by atoms with Gasteiger partial charge in [-0.05, 0) is 43.9 Å². The number of carbonyl (C=O) groups is 1. The number of nitrogens with zero attached hydrogens (tertiary/aromatic N) is 2. The molecule has 0 saturated carbocycles. The quantitative estimate of drug-likeness (QED) is 0.869. The Bertz CT molecular complexity index is 727. The van der Waals surface area contributed by atoms with Crippen molar-refractivity contribution < 1.29 is 4.79 Å². The Morgan fingerprint density at radius 3 is 2.43 bits per heavy atom. The fourth-order valence-corrected chi connectivity index (χ4v) is 2.96. The predicted molar refractivity (Wildman–Crippen MR) is 94.9 cm³/mol. The van der Waals surface area contributed by atoms with Crippen molar-refractivity contribution in [3.8, 4) is 0 Å². The maximum Gasteiger partial charge on any atom is 0.244 e. The van der Waals surface area contributed by atoms with Crippen molar-refractivity contribution in [3.63, 3.8) is 0 Å². The third-order valence-electron chi connectivity index (χ3n) is 3.31. The van der Waals surface area contributed by atoms with E-state index >= 15 is 0 Å². The number of benzene rings is 1. The molecular weight excluding hydrogens is 286 g/mol. The second kappa shape index (κ2) is 6.49. The molecule has 0 fully saturated rings. The van der Waals surface area contributed by atoms with Crippen LogP contribution < -0.4 is 5.32 Å². The second-order valence-electron chi connectivity index (χ2n) is 7.73. The molecule has 0 bridgehead atoms. The lowest BCUT2D eigenvalue weighted by molar-refractivity contribution is -0.118. The van der Waals surface area contributed by atoms with Crippen molar-refractivity contribution in [1.82, 2.24) is 15.3 Å². The van der Waals surface area contributed by atoms with Gasteiger partial charge in [-0.15, -0.1) is 0 Å². The molecule has 0 unspecified atom stereocenters. The second-order valence-corrected chi connectivity index (χ2v) is 7.73. The van der Waals surface area contributed by atoms with Crippen molar-refractivity contribution in [3.05, 3.63) is 42.2 Å². The van der Waals surface area contributed by atoms with Crippen LogP contribution in [-0.4, -0.2) is 21.4 Å². The van der Waals surface area contributed by atoms with Crippen molar-refractivity contribution in [1.29, 1.82) is 0 Å². The molecule has 0 aliphatic heterocycles. The van der Waals surface area contributed by atoms with Gasteiger partial charge >= 0.3 is 0 Å². The molecule has 23 heavy (non-hydrogen) atoms. The maximum atomic E-state index is 12.1. The average molecular weight is 311 g/mol. The molecule has 0 radical (unpaired) electrons. The smallest absolute Gasteiger partial charge is 0.244 e. The first-order valence-electron chi connectivity index (χ1n) is 7.87. The first kappa shape index (κ1) is 17.1. The Labute approximate surface area is 138 Å². The zero-order valence-corrected chi connectivity index (χ0v) is 14.6. The summed E-state index contributed by atoms with van der Waals surface area (Å²) in [5, 5.41) is 3.05. The molecule has 4 heteroatoms. The van der Waals surface area contributed by atoms with Crippen LogP contribution in [-0.2, 0) is 4.79 Å². The highest BCUT2D eigenvalue weighted by Gasteiger charge is 2.26. The van der Waals surface area contributed by atoms with Gasteiger partial charge in [0.05, 0.1) is 22.9 Å². The highest BCUT2D eigenvalue weighted by molar-refractivity contribution is 5.92. The zero-order chi connectivity index (χ0) is 17.1. The third kappa shape index (κ3) is 5.47. The summed E-state index contributed by atoms with van der Waals surface area (Å²) in [4.78, 5) is 20.9. The Kier molecular flexibility index (Phi) is 4.83. The fourth-order valence-electron chi connectivity index (χ4n) is 2.96. The van der Waals surface area contributed by atoms with E-state index < -0.39 is 0 Å². The van der Waals surface area contributed by atoms with Crippen molar-refractivity contribution >= 4 is 23.0 Å². The summed E-state index contributed by atoms with van der Waals surface area (Å²) in [6.07, 6.45) is 5.78. The molecule has 0 aliphatic carbocycles. The number of fused-ring (bicyclic) bond motifs is 1. The van der Waals surface area contributed by atoms with E-state index in [-0.39, 0.29) is 16.9 Å². The summed E-state index contributed by atoms with van der Waals surface area (Å²) in [6.45, 7) is 10.6. The van der Waals surface area contributed by atoms with Gasteiger partial charge in [0.25, 0.3) is 0 Å². The van der Waals surface area contributed by atoms with Crippen molar-refractivity contribution in [2.75, 3.05) is 0 Å². The molecule has 0 atom stereocenters. The van der Waals surface area contributed by atoms with Crippen LogP contribution in [0.5, 0.6) is 0 Å². The summed E-state index contributed by atoms with van der Waals surface area (Å²) >= 11 is 0. The van der Waals surface area contributed by atoms with E-state index in [1.807, 2.05) is 38.1 Å². The van der Waals surface area contributed by atoms with E-state index in [0.717, 1.165) is 17.5 Å². The van der Waals surface area contributed by atoms with E-state index in [2.05, 4.69) is 36.1 Å². The third-order valence-corrected chi connectivity index (χ3v) is 3.31. The van der Waals surface area contributed by atoms with E-state index in [9.17, 15) is 4.79 Å². The lowest BCUT2D eigenvalue weighted by atomic mass is 9.82. The Hall–Kier alpha value is -2.23. The first-order valence-corrected chi connectivity index (χ1v) is 7.87. The van der Waals surface area contributed by atoms with Crippen LogP contribution in [0.25, 0.3) is 17.1 Å².